The molecule has 3 atom stereocenters. The first-order valence-electron chi connectivity index (χ1n) is 14.9. The zero-order valence-corrected chi connectivity index (χ0v) is 26.5. The summed E-state index contributed by atoms with van der Waals surface area (Å²) in [5.74, 6) is -1.31. The quantitative estimate of drug-likeness (QED) is 0.0971. The molecule has 0 fully saturated rings. The summed E-state index contributed by atoms with van der Waals surface area (Å²) in [4.78, 5) is 38.0. The zero-order chi connectivity index (χ0) is 30.3. The summed E-state index contributed by atoms with van der Waals surface area (Å²) in [6, 6.07) is 0. The van der Waals surface area contributed by atoms with E-state index in [9.17, 15) is 19.5 Å². The number of aliphatic hydroxyl groups excluding tert-OH is 1. The van der Waals surface area contributed by atoms with E-state index in [0.717, 1.165) is 51.4 Å². The van der Waals surface area contributed by atoms with E-state index in [1.165, 1.54) is 0 Å². The van der Waals surface area contributed by atoms with Crippen LogP contribution in [-0.4, -0.2) is 55.7 Å². The highest BCUT2D eigenvalue weighted by Gasteiger charge is 2.37. The summed E-state index contributed by atoms with van der Waals surface area (Å²) in [6.45, 7) is 18.7. The highest BCUT2D eigenvalue weighted by atomic mass is 16.6. The van der Waals surface area contributed by atoms with Crippen LogP contribution in [0.3, 0.4) is 0 Å². The van der Waals surface area contributed by atoms with Gasteiger partial charge in [0.2, 0.25) is 0 Å². The van der Waals surface area contributed by atoms with Crippen LogP contribution in [0.4, 0.5) is 0 Å². The summed E-state index contributed by atoms with van der Waals surface area (Å²) >= 11 is 0. The van der Waals surface area contributed by atoms with Gasteiger partial charge >= 0.3 is 17.9 Å². The lowest BCUT2D eigenvalue weighted by atomic mass is 9.92. The smallest absolute Gasteiger partial charge is 0.315 e. The summed E-state index contributed by atoms with van der Waals surface area (Å²) < 4.78 is 22.2. The number of unbranched alkanes of at least 4 members (excludes halogenated alkanes) is 2. The maximum atomic E-state index is 12.8. The molecule has 0 bridgehead atoms. The molecule has 0 aliphatic rings. The van der Waals surface area contributed by atoms with Gasteiger partial charge in [0.1, 0.15) is 6.61 Å². The minimum absolute atomic E-state index is 0.00470. The van der Waals surface area contributed by atoms with Crippen molar-refractivity contribution in [3.8, 4) is 0 Å². The molecule has 0 aromatic rings. The van der Waals surface area contributed by atoms with Gasteiger partial charge in [-0.1, -0.05) is 67.2 Å². The standard InChI is InChI=1S/C31H58O8/c1-11-15-17-23(13-3)25(32)36-19-29(5,6)20-38-27(34)31(9,10)22-39-28(35)30(7,8)21-37-26(33)24(14-4)18-16-12-2/h23-24,26,33H,11-22H2,1-10H3. The molecule has 0 saturated heterocycles. The molecule has 0 aliphatic carbocycles. The molecule has 3 unspecified atom stereocenters. The van der Waals surface area contributed by atoms with Gasteiger partial charge in [-0.05, 0) is 53.4 Å². The van der Waals surface area contributed by atoms with Gasteiger partial charge in [0.15, 0.2) is 6.29 Å². The number of aliphatic hydroxyl groups is 1. The van der Waals surface area contributed by atoms with E-state index in [1.54, 1.807) is 27.7 Å². The second-order valence-corrected chi connectivity index (χ2v) is 13.0. The van der Waals surface area contributed by atoms with Crippen LogP contribution in [0.5, 0.6) is 0 Å². The molecule has 0 heterocycles. The second kappa shape index (κ2) is 17.9. The number of esters is 3. The van der Waals surface area contributed by atoms with Crippen molar-refractivity contribution in [3.63, 3.8) is 0 Å². The lowest BCUT2D eigenvalue weighted by Crippen LogP contribution is -2.40. The van der Waals surface area contributed by atoms with Crippen molar-refractivity contribution < 1.29 is 38.4 Å². The normalized spacial score (nSPS) is 14.8. The Kier molecular flexibility index (Phi) is 17.1. The average molecular weight is 559 g/mol. The monoisotopic (exact) mass is 558 g/mol. The molecule has 1 N–H and O–H groups in total. The van der Waals surface area contributed by atoms with Crippen molar-refractivity contribution in [2.75, 3.05) is 26.4 Å². The molecule has 0 rings (SSSR count). The maximum Gasteiger partial charge on any atom is 0.315 e. The Bertz CT molecular complexity index is 728. The molecular weight excluding hydrogens is 500 g/mol. The molecule has 0 aliphatic heterocycles. The van der Waals surface area contributed by atoms with Crippen molar-refractivity contribution in [3.05, 3.63) is 0 Å². The fourth-order valence-electron chi connectivity index (χ4n) is 3.83. The largest absolute Gasteiger partial charge is 0.465 e. The fraction of sp³-hybridized carbons (Fsp3) is 0.903. The third-order valence-electron chi connectivity index (χ3n) is 7.07. The van der Waals surface area contributed by atoms with Crippen LogP contribution in [-0.2, 0) is 33.3 Å². The van der Waals surface area contributed by atoms with Gasteiger partial charge in [-0.15, -0.1) is 0 Å². The van der Waals surface area contributed by atoms with E-state index in [2.05, 4.69) is 13.8 Å². The Hall–Kier alpha value is -1.67. The summed E-state index contributed by atoms with van der Waals surface area (Å²) in [7, 11) is 0. The highest BCUT2D eigenvalue weighted by Crippen LogP contribution is 2.26. The van der Waals surface area contributed by atoms with Crippen molar-refractivity contribution in [2.45, 2.75) is 127 Å². The van der Waals surface area contributed by atoms with Gasteiger partial charge in [-0.25, -0.2) is 0 Å². The van der Waals surface area contributed by atoms with Crippen molar-refractivity contribution in [1.29, 1.82) is 0 Å². The van der Waals surface area contributed by atoms with Crippen LogP contribution in [0.25, 0.3) is 0 Å². The van der Waals surface area contributed by atoms with Crippen molar-refractivity contribution in [2.24, 2.45) is 28.1 Å². The molecule has 0 amide bonds. The van der Waals surface area contributed by atoms with E-state index in [4.69, 9.17) is 18.9 Å². The number of hydrogen-bond donors (Lipinski definition) is 1. The topological polar surface area (TPSA) is 108 Å². The Morgan fingerprint density at radius 3 is 1.67 bits per heavy atom. The first-order chi connectivity index (χ1) is 18.1. The van der Waals surface area contributed by atoms with Gasteiger partial charge in [-0.3, -0.25) is 14.4 Å². The molecule has 39 heavy (non-hydrogen) atoms. The lowest BCUT2D eigenvalue weighted by molar-refractivity contribution is -0.180. The van der Waals surface area contributed by atoms with E-state index in [-0.39, 0.29) is 44.2 Å². The van der Waals surface area contributed by atoms with E-state index in [1.807, 2.05) is 27.7 Å². The van der Waals surface area contributed by atoms with Gasteiger partial charge in [0, 0.05) is 11.3 Å². The van der Waals surface area contributed by atoms with E-state index in [0.29, 0.717) is 0 Å². The fourth-order valence-corrected chi connectivity index (χ4v) is 3.83. The number of ether oxygens (including phenoxy) is 4. The Balaban J connectivity index is 4.75. The van der Waals surface area contributed by atoms with Crippen LogP contribution in [0.1, 0.15) is 121 Å². The third kappa shape index (κ3) is 14.5. The third-order valence-corrected chi connectivity index (χ3v) is 7.07. The van der Waals surface area contributed by atoms with Crippen molar-refractivity contribution >= 4 is 17.9 Å². The lowest BCUT2D eigenvalue weighted by Gasteiger charge is -2.30. The minimum atomic E-state index is -1.07. The van der Waals surface area contributed by atoms with Gasteiger partial charge in [0.25, 0.3) is 0 Å². The molecule has 0 aromatic carbocycles. The second-order valence-electron chi connectivity index (χ2n) is 13.0. The molecule has 8 heteroatoms. The van der Waals surface area contributed by atoms with Crippen molar-refractivity contribution in [1.82, 2.24) is 0 Å². The molecule has 0 spiro atoms. The summed E-state index contributed by atoms with van der Waals surface area (Å²) in [5, 5.41) is 10.4. The molecular formula is C31H58O8. The van der Waals surface area contributed by atoms with E-state index < -0.39 is 34.5 Å². The number of hydrogen-bond acceptors (Lipinski definition) is 8. The Morgan fingerprint density at radius 2 is 1.15 bits per heavy atom. The first kappa shape index (κ1) is 37.3. The molecule has 0 saturated carbocycles. The summed E-state index contributed by atoms with van der Waals surface area (Å²) in [5.41, 5.74) is -2.63. The maximum absolute atomic E-state index is 12.8. The number of carbonyl (C=O) groups is 3. The number of rotatable bonds is 21. The minimum Gasteiger partial charge on any atom is -0.465 e. The number of carbonyl (C=O) groups excluding carboxylic acids is 3. The van der Waals surface area contributed by atoms with Crippen LogP contribution >= 0.6 is 0 Å². The average Bonchev–Trinajstić information content (AvgIpc) is 2.88. The molecule has 230 valence electrons. The Morgan fingerprint density at radius 1 is 0.667 bits per heavy atom. The predicted octanol–water partition coefficient (Wildman–Crippen LogP) is 6.46. The first-order valence-corrected chi connectivity index (χ1v) is 14.9. The highest BCUT2D eigenvalue weighted by molar-refractivity contribution is 5.78. The Labute approximate surface area is 237 Å². The van der Waals surface area contributed by atoms with Crippen LogP contribution < -0.4 is 0 Å². The zero-order valence-electron chi connectivity index (χ0n) is 26.5. The molecule has 8 nitrogen and oxygen atoms in total. The van der Waals surface area contributed by atoms with Gasteiger partial charge < -0.3 is 24.1 Å². The van der Waals surface area contributed by atoms with Gasteiger partial charge in [-0.2, -0.15) is 0 Å². The molecule has 0 radical (unpaired) electrons. The SMILES string of the molecule is CCCCC(CC)C(=O)OCC(C)(C)COC(=O)C(C)(C)COC(=O)C(C)(C)COC(O)C(CC)CCCC. The van der Waals surface area contributed by atoms with E-state index >= 15 is 0 Å². The predicted molar refractivity (Wildman–Crippen MR) is 153 cm³/mol. The van der Waals surface area contributed by atoms with Gasteiger partial charge in [0.05, 0.1) is 36.6 Å². The summed E-state index contributed by atoms with van der Waals surface area (Å²) in [6.07, 6.45) is 6.35. The van der Waals surface area contributed by atoms with Crippen LogP contribution in [0, 0.1) is 28.1 Å². The van der Waals surface area contributed by atoms with Crippen LogP contribution in [0.2, 0.25) is 0 Å². The molecule has 0 aromatic heterocycles. The van der Waals surface area contributed by atoms with Crippen LogP contribution in [0.15, 0.2) is 0 Å².